The summed E-state index contributed by atoms with van der Waals surface area (Å²) in [5.74, 6) is -2.44. The number of nitrogens with zero attached hydrogens (tertiary/aromatic N) is 1. The second-order valence-corrected chi connectivity index (χ2v) is 3.46. The highest BCUT2D eigenvalue weighted by atomic mass is 32.2. The lowest BCUT2D eigenvalue weighted by atomic mass is 10.3. The van der Waals surface area contributed by atoms with Gasteiger partial charge in [0.1, 0.15) is 6.04 Å². The maximum atomic E-state index is 11.9. The molecule has 0 saturated carbocycles. The fraction of sp³-hybridized carbons (Fsp3) is 0.667. The standard InChI is InChI=1S/C6H7F2NO3S/c7-4(8)5(10)9-2-13-1-3(9)6(11)12/h3-4H,1-2H2,(H,11,12). The Balaban J connectivity index is 2.68. The minimum absolute atomic E-state index is 0.0279. The van der Waals surface area contributed by atoms with Gasteiger partial charge in [-0.25, -0.2) is 4.79 Å². The third kappa shape index (κ3) is 2.09. The number of alkyl halides is 2. The molecule has 0 aromatic carbocycles. The van der Waals surface area contributed by atoms with Gasteiger partial charge < -0.3 is 10.0 Å². The lowest BCUT2D eigenvalue weighted by Crippen LogP contribution is -2.44. The van der Waals surface area contributed by atoms with Crippen LogP contribution in [0.2, 0.25) is 0 Å². The van der Waals surface area contributed by atoms with E-state index in [0.29, 0.717) is 4.90 Å². The van der Waals surface area contributed by atoms with Gasteiger partial charge in [0.2, 0.25) is 0 Å². The van der Waals surface area contributed by atoms with E-state index in [1.54, 1.807) is 0 Å². The zero-order chi connectivity index (χ0) is 10.0. The van der Waals surface area contributed by atoms with Crippen LogP contribution >= 0.6 is 11.8 Å². The number of rotatable bonds is 2. The largest absolute Gasteiger partial charge is 0.480 e. The third-order valence-electron chi connectivity index (χ3n) is 1.64. The molecule has 1 atom stereocenters. The van der Waals surface area contributed by atoms with Crippen molar-refractivity contribution in [3.05, 3.63) is 0 Å². The van der Waals surface area contributed by atoms with E-state index in [1.807, 2.05) is 0 Å². The van der Waals surface area contributed by atoms with Gasteiger partial charge >= 0.3 is 12.4 Å². The van der Waals surface area contributed by atoms with Gasteiger partial charge in [-0.2, -0.15) is 8.78 Å². The molecule has 1 fully saturated rings. The average molecular weight is 211 g/mol. The number of thioether (sulfide) groups is 1. The first-order valence-electron chi connectivity index (χ1n) is 3.43. The smallest absolute Gasteiger partial charge is 0.327 e. The number of hydrogen-bond donors (Lipinski definition) is 1. The van der Waals surface area contributed by atoms with E-state index < -0.39 is 24.3 Å². The van der Waals surface area contributed by atoms with Gasteiger partial charge in [0.25, 0.3) is 5.91 Å². The number of halogens is 2. The van der Waals surface area contributed by atoms with Crippen molar-refractivity contribution in [3.63, 3.8) is 0 Å². The van der Waals surface area contributed by atoms with Crippen molar-refractivity contribution >= 4 is 23.6 Å². The summed E-state index contributed by atoms with van der Waals surface area (Å²) in [4.78, 5) is 21.9. The summed E-state index contributed by atoms with van der Waals surface area (Å²) in [7, 11) is 0. The second kappa shape index (κ2) is 3.91. The van der Waals surface area contributed by atoms with Crippen LogP contribution in [0.1, 0.15) is 0 Å². The zero-order valence-corrected chi connectivity index (χ0v) is 7.26. The molecule has 1 saturated heterocycles. The monoisotopic (exact) mass is 211 g/mol. The van der Waals surface area contributed by atoms with E-state index in [-0.39, 0.29) is 11.6 Å². The number of carboxylic acids is 1. The van der Waals surface area contributed by atoms with Crippen LogP contribution in [0.25, 0.3) is 0 Å². The molecule has 74 valence electrons. The van der Waals surface area contributed by atoms with Crippen LogP contribution in [0.3, 0.4) is 0 Å². The predicted molar refractivity (Wildman–Crippen MR) is 41.6 cm³/mol. The van der Waals surface area contributed by atoms with Crippen LogP contribution in [0.4, 0.5) is 8.78 Å². The van der Waals surface area contributed by atoms with E-state index in [0.717, 1.165) is 11.8 Å². The van der Waals surface area contributed by atoms with Crippen LogP contribution in [-0.4, -0.2) is 46.0 Å². The summed E-state index contributed by atoms with van der Waals surface area (Å²) in [6.07, 6.45) is -3.12. The Labute approximate surface area is 76.9 Å². The molecule has 0 aromatic heterocycles. The SMILES string of the molecule is O=C(O)C1CSCN1C(=O)C(F)F. The van der Waals surface area contributed by atoms with Crippen molar-refractivity contribution in [2.45, 2.75) is 12.5 Å². The molecular weight excluding hydrogens is 204 g/mol. The molecule has 0 bridgehead atoms. The molecule has 0 radical (unpaired) electrons. The van der Waals surface area contributed by atoms with E-state index in [2.05, 4.69) is 0 Å². The van der Waals surface area contributed by atoms with Gasteiger partial charge in [-0.1, -0.05) is 0 Å². The van der Waals surface area contributed by atoms with Gasteiger partial charge in [0.15, 0.2) is 0 Å². The fourth-order valence-electron chi connectivity index (χ4n) is 0.990. The van der Waals surface area contributed by atoms with Crippen LogP contribution in [0, 0.1) is 0 Å². The van der Waals surface area contributed by atoms with E-state index in [4.69, 9.17) is 5.11 Å². The molecule has 1 heterocycles. The molecule has 1 N–H and O–H groups in total. The normalized spacial score (nSPS) is 22.4. The van der Waals surface area contributed by atoms with Gasteiger partial charge in [-0.3, -0.25) is 4.79 Å². The molecule has 1 amide bonds. The van der Waals surface area contributed by atoms with Crippen LogP contribution in [0.15, 0.2) is 0 Å². The van der Waals surface area contributed by atoms with Crippen molar-refractivity contribution in [2.24, 2.45) is 0 Å². The Kier molecular flexibility index (Phi) is 3.07. The van der Waals surface area contributed by atoms with Gasteiger partial charge in [0, 0.05) is 5.75 Å². The average Bonchev–Trinajstić information content (AvgIpc) is 2.50. The Hall–Kier alpha value is -0.850. The summed E-state index contributed by atoms with van der Waals surface area (Å²) in [5, 5.41) is 8.56. The van der Waals surface area contributed by atoms with Gasteiger partial charge in [-0.05, 0) is 0 Å². The molecule has 0 aliphatic carbocycles. The quantitative estimate of drug-likeness (QED) is 0.710. The number of carbonyl (C=O) groups is 2. The number of carbonyl (C=O) groups excluding carboxylic acids is 1. The molecule has 1 aliphatic heterocycles. The molecule has 0 spiro atoms. The van der Waals surface area contributed by atoms with E-state index >= 15 is 0 Å². The van der Waals surface area contributed by atoms with Crippen molar-refractivity contribution in [3.8, 4) is 0 Å². The van der Waals surface area contributed by atoms with Crippen molar-refractivity contribution in [1.82, 2.24) is 4.90 Å². The second-order valence-electron chi connectivity index (χ2n) is 2.46. The first kappa shape index (κ1) is 10.2. The van der Waals surface area contributed by atoms with Gasteiger partial charge in [-0.15, -0.1) is 11.8 Å². The summed E-state index contributed by atoms with van der Waals surface area (Å²) < 4.78 is 23.8. The first-order chi connectivity index (χ1) is 6.04. The molecule has 0 aromatic rings. The lowest BCUT2D eigenvalue weighted by Gasteiger charge is -2.19. The molecule has 7 heteroatoms. The number of carboxylic acid groups (broad SMARTS) is 1. The van der Waals surface area contributed by atoms with Crippen LogP contribution < -0.4 is 0 Å². The van der Waals surface area contributed by atoms with Crippen molar-refractivity contribution in [1.29, 1.82) is 0 Å². The molecule has 1 unspecified atom stereocenters. The predicted octanol–water partition coefficient (Wildman–Crippen LogP) is 0.238. The highest BCUT2D eigenvalue weighted by Gasteiger charge is 2.37. The molecule has 13 heavy (non-hydrogen) atoms. The number of amides is 1. The maximum Gasteiger partial charge on any atom is 0.327 e. The fourth-order valence-corrected chi connectivity index (χ4v) is 2.14. The summed E-state index contributed by atoms with van der Waals surface area (Å²) in [6, 6.07) is -1.11. The summed E-state index contributed by atoms with van der Waals surface area (Å²) in [6.45, 7) is 0. The maximum absolute atomic E-state index is 11.9. The van der Waals surface area contributed by atoms with Crippen molar-refractivity contribution < 1.29 is 23.5 Å². The van der Waals surface area contributed by atoms with Crippen LogP contribution in [0.5, 0.6) is 0 Å². The van der Waals surface area contributed by atoms with Gasteiger partial charge in [0.05, 0.1) is 5.88 Å². The molecule has 1 aliphatic rings. The Morgan fingerprint density at radius 3 is 2.62 bits per heavy atom. The zero-order valence-electron chi connectivity index (χ0n) is 6.44. The third-order valence-corrected chi connectivity index (χ3v) is 2.65. The van der Waals surface area contributed by atoms with E-state index in [1.165, 1.54) is 0 Å². The first-order valence-corrected chi connectivity index (χ1v) is 4.58. The highest BCUT2D eigenvalue weighted by Crippen LogP contribution is 2.22. The number of hydrogen-bond acceptors (Lipinski definition) is 3. The minimum atomic E-state index is -3.12. The Bertz CT molecular complexity index is 236. The lowest BCUT2D eigenvalue weighted by molar-refractivity contribution is -0.152. The summed E-state index contributed by atoms with van der Waals surface area (Å²) >= 11 is 1.16. The topological polar surface area (TPSA) is 57.6 Å². The molecule has 1 rings (SSSR count). The van der Waals surface area contributed by atoms with E-state index in [9.17, 15) is 18.4 Å². The van der Waals surface area contributed by atoms with Crippen LogP contribution in [-0.2, 0) is 9.59 Å². The Morgan fingerprint density at radius 2 is 2.15 bits per heavy atom. The highest BCUT2D eigenvalue weighted by molar-refractivity contribution is 7.99. The molecular formula is C6H7F2NO3S. The Morgan fingerprint density at radius 1 is 1.54 bits per heavy atom. The summed E-state index contributed by atoms with van der Waals surface area (Å²) in [5.41, 5.74) is 0. The van der Waals surface area contributed by atoms with Crippen molar-refractivity contribution in [2.75, 3.05) is 11.6 Å². The number of aliphatic carboxylic acids is 1. The molecule has 4 nitrogen and oxygen atoms in total. The minimum Gasteiger partial charge on any atom is -0.480 e.